The molecule has 1 aliphatic rings. The first-order valence-electron chi connectivity index (χ1n) is 5.85. The summed E-state index contributed by atoms with van der Waals surface area (Å²) in [4.78, 5) is 2.00. The van der Waals surface area contributed by atoms with Gasteiger partial charge in [-0.1, -0.05) is 0 Å². The molecule has 1 fully saturated rings. The largest absolute Gasteiger partial charge is 0.388 e. The predicted molar refractivity (Wildman–Crippen MR) is 64.5 cm³/mol. The number of hydroxylamine groups is 2. The van der Waals surface area contributed by atoms with Gasteiger partial charge in [-0.3, -0.25) is 0 Å². The van der Waals surface area contributed by atoms with E-state index in [0.717, 1.165) is 0 Å². The van der Waals surface area contributed by atoms with Crippen LogP contribution in [0, 0.1) is 0 Å². The summed E-state index contributed by atoms with van der Waals surface area (Å²) < 4.78 is 0. The van der Waals surface area contributed by atoms with E-state index in [-0.39, 0.29) is 0 Å². The van der Waals surface area contributed by atoms with Crippen LogP contribution in [0.4, 0.5) is 0 Å². The number of nitrogens with zero attached hydrogens (tertiary/aromatic N) is 2. The molecule has 0 atom stereocenters. The van der Waals surface area contributed by atoms with E-state index in [4.69, 9.17) is 0 Å². The predicted octanol–water partition coefficient (Wildman–Crippen LogP) is 1.32. The topological polar surface area (TPSA) is 46.9 Å². The summed E-state index contributed by atoms with van der Waals surface area (Å²) >= 11 is 0. The molecule has 0 radical (unpaired) electrons. The SMILES string of the molecule is CN(C)CC1(O)CC(C)(C)N(O)C(C)(C)C1. The van der Waals surface area contributed by atoms with Crippen LogP contribution in [0.3, 0.4) is 0 Å². The lowest BCUT2D eigenvalue weighted by Gasteiger charge is -2.55. The fourth-order valence-electron chi connectivity index (χ4n) is 3.34. The second-order valence-corrected chi connectivity index (χ2v) is 6.75. The standard InChI is InChI=1S/C12H26N2O2/c1-10(2)7-12(15,9-13(5)6)8-11(3,4)14(10)16/h15-16H,7-9H2,1-6H3. The molecule has 1 aliphatic heterocycles. The Balaban J connectivity index is 2.93. The summed E-state index contributed by atoms with van der Waals surface area (Å²) in [5.74, 6) is 0. The van der Waals surface area contributed by atoms with E-state index in [1.165, 1.54) is 5.06 Å². The van der Waals surface area contributed by atoms with Crippen LogP contribution in [0.2, 0.25) is 0 Å². The van der Waals surface area contributed by atoms with Crippen LogP contribution in [-0.2, 0) is 0 Å². The number of likely N-dealkylation sites (N-methyl/N-ethyl adjacent to an activating group) is 1. The van der Waals surface area contributed by atoms with Crippen LogP contribution in [0.25, 0.3) is 0 Å². The van der Waals surface area contributed by atoms with E-state index >= 15 is 0 Å². The average molecular weight is 230 g/mol. The lowest BCUT2D eigenvalue weighted by Crippen LogP contribution is -2.65. The van der Waals surface area contributed by atoms with Crippen molar-refractivity contribution in [3.05, 3.63) is 0 Å². The Hall–Kier alpha value is -0.160. The van der Waals surface area contributed by atoms with Crippen LogP contribution in [0.5, 0.6) is 0 Å². The Morgan fingerprint density at radius 1 is 1.06 bits per heavy atom. The summed E-state index contributed by atoms with van der Waals surface area (Å²) in [7, 11) is 3.92. The summed E-state index contributed by atoms with van der Waals surface area (Å²) in [6.07, 6.45) is 1.16. The molecule has 16 heavy (non-hydrogen) atoms. The maximum atomic E-state index is 10.7. The van der Waals surface area contributed by atoms with E-state index in [0.29, 0.717) is 19.4 Å². The molecule has 4 nitrogen and oxygen atoms in total. The van der Waals surface area contributed by atoms with E-state index in [2.05, 4.69) is 0 Å². The summed E-state index contributed by atoms with van der Waals surface area (Å²) in [5.41, 5.74) is -1.52. The van der Waals surface area contributed by atoms with Gasteiger partial charge in [-0.2, -0.15) is 5.06 Å². The molecule has 96 valence electrons. The monoisotopic (exact) mass is 230 g/mol. The van der Waals surface area contributed by atoms with E-state index in [1.54, 1.807) is 0 Å². The maximum absolute atomic E-state index is 10.7. The van der Waals surface area contributed by atoms with Crippen molar-refractivity contribution in [1.82, 2.24) is 9.96 Å². The molecule has 4 heteroatoms. The highest BCUT2D eigenvalue weighted by molar-refractivity contribution is 5.04. The van der Waals surface area contributed by atoms with Gasteiger partial charge in [0.25, 0.3) is 0 Å². The Morgan fingerprint density at radius 3 is 1.75 bits per heavy atom. The summed E-state index contributed by atoms with van der Waals surface area (Å²) in [6, 6.07) is 0. The first kappa shape index (κ1) is 13.9. The molecular weight excluding hydrogens is 204 g/mol. The van der Waals surface area contributed by atoms with Gasteiger partial charge < -0.3 is 15.2 Å². The van der Waals surface area contributed by atoms with Crippen molar-refractivity contribution in [1.29, 1.82) is 0 Å². The fraction of sp³-hybridized carbons (Fsp3) is 1.00. The molecule has 1 rings (SSSR count). The van der Waals surface area contributed by atoms with Crippen molar-refractivity contribution < 1.29 is 10.3 Å². The summed E-state index contributed by atoms with van der Waals surface area (Å²) in [6.45, 7) is 8.50. The molecule has 0 aliphatic carbocycles. The number of piperidine rings is 1. The van der Waals surface area contributed by atoms with Gasteiger partial charge in [-0.25, -0.2) is 0 Å². The van der Waals surface area contributed by atoms with Gasteiger partial charge in [0, 0.05) is 17.6 Å². The van der Waals surface area contributed by atoms with Crippen molar-refractivity contribution in [2.75, 3.05) is 20.6 Å². The Morgan fingerprint density at radius 2 is 1.44 bits per heavy atom. The molecule has 0 unspecified atom stereocenters. The maximum Gasteiger partial charge on any atom is 0.0810 e. The molecule has 1 heterocycles. The van der Waals surface area contributed by atoms with Gasteiger partial charge in [0.2, 0.25) is 0 Å². The highest BCUT2D eigenvalue weighted by atomic mass is 16.5. The second kappa shape index (κ2) is 3.95. The fourth-order valence-corrected chi connectivity index (χ4v) is 3.34. The first-order valence-corrected chi connectivity index (χ1v) is 5.85. The zero-order chi connectivity index (χ0) is 12.8. The third kappa shape index (κ3) is 2.74. The zero-order valence-electron chi connectivity index (χ0n) is 11.4. The molecule has 0 aromatic heterocycles. The van der Waals surface area contributed by atoms with Crippen molar-refractivity contribution >= 4 is 0 Å². The second-order valence-electron chi connectivity index (χ2n) is 6.75. The highest BCUT2D eigenvalue weighted by Crippen LogP contribution is 2.42. The molecule has 1 saturated heterocycles. The van der Waals surface area contributed by atoms with Crippen LogP contribution in [0.15, 0.2) is 0 Å². The minimum Gasteiger partial charge on any atom is -0.388 e. The zero-order valence-corrected chi connectivity index (χ0v) is 11.4. The Kier molecular flexibility index (Phi) is 3.43. The molecule has 0 amide bonds. The van der Waals surface area contributed by atoms with Crippen molar-refractivity contribution in [3.8, 4) is 0 Å². The van der Waals surface area contributed by atoms with Crippen LogP contribution in [0.1, 0.15) is 40.5 Å². The Labute approximate surface area is 98.8 Å². The number of rotatable bonds is 2. The quantitative estimate of drug-likeness (QED) is 0.751. The van der Waals surface area contributed by atoms with Crippen molar-refractivity contribution in [2.24, 2.45) is 0 Å². The molecule has 0 bridgehead atoms. The van der Waals surface area contributed by atoms with E-state index in [9.17, 15) is 10.3 Å². The molecule has 0 spiro atoms. The summed E-state index contributed by atoms with van der Waals surface area (Å²) in [5, 5.41) is 22.2. The normalized spacial score (nSPS) is 28.3. The van der Waals surface area contributed by atoms with Crippen LogP contribution < -0.4 is 0 Å². The molecule has 0 saturated carbocycles. The lowest BCUT2D eigenvalue weighted by atomic mass is 9.72. The van der Waals surface area contributed by atoms with Gasteiger partial charge in [0.15, 0.2) is 0 Å². The average Bonchev–Trinajstić information content (AvgIpc) is 1.95. The van der Waals surface area contributed by atoms with Crippen LogP contribution in [-0.4, -0.2) is 57.6 Å². The van der Waals surface area contributed by atoms with Gasteiger partial charge in [0.05, 0.1) is 5.60 Å². The van der Waals surface area contributed by atoms with Gasteiger partial charge in [-0.15, -0.1) is 0 Å². The minimum atomic E-state index is -0.726. The minimum absolute atomic E-state index is 0.396. The van der Waals surface area contributed by atoms with Gasteiger partial charge in [-0.05, 0) is 54.6 Å². The number of aliphatic hydroxyl groups is 1. The van der Waals surface area contributed by atoms with E-state index in [1.807, 2.05) is 46.7 Å². The molecule has 0 aromatic rings. The highest BCUT2D eigenvalue weighted by Gasteiger charge is 2.51. The molecular formula is C12H26N2O2. The van der Waals surface area contributed by atoms with E-state index < -0.39 is 16.7 Å². The third-order valence-electron chi connectivity index (χ3n) is 3.28. The van der Waals surface area contributed by atoms with Gasteiger partial charge >= 0.3 is 0 Å². The molecule has 2 N–H and O–H groups in total. The van der Waals surface area contributed by atoms with Crippen molar-refractivity contribution in [2.45, 2.75) is 57.2 Å². The first-order chi connectivity index (χ1) is 6.99. The van der Waals surface area contributed by atoms with Crippen molar-refractivity contribution in [3.63, 3.8) is 0 Å². The lowest BCUT2D eigenvalue weighted by molar-refractivity contribution is -0.275. The smallest absolute Gasteiger partial charge is 0.0810 e. The molecule has 0 aromatic carbocycles. The third-order valence-corrected chi connectivity index (χ3v) is 3.28. The number of hydrogen-bond donors (Lipinski definition) is 2. The number of hydrogen-bond acceptors (Lipinski definition) is 4. The van der Waals surface area contributed by atoms with Gasteiger partial charge in [0.1, 0.15) is 0 Å². The Bertz CT molecular complexity index is 244. The van der Waals surface area contributed by atoms with Crippen LogP contribution >= 0.6 is 0 Å².